The Balaban J connectivity index is 0.00000117. The molecule has 0 amide bonds. The molecule has 9 unspecified atom stereocenters. The van der Waals surface area contributed by atoms with Gasteiger partial charge in [0, 0.05) is 0 Å². The molecule has 0 aromatic rings. The fourth-order valence-corrected chi connectivity index (χ4v) is 15.1. The Kier molecular flexibility index (Phi) is 16.6. The molecule has 4 rings (SSSR count). The van der Waals surface area contributed by atoms with E-state index in [1.165, 1.54) is 32.1 Å². The van der Waals surface area contributed by atoms with Crippen molar-refractivity contribution in [1.82, 2.24) is 0 Å². The summed E-state index contributed by atoms with van der Waals surface area (Å²) in [4.78, 5) is 0. The number of halogens is 2. The summed E-state index contributed by atoms with van der Waals surface area (Å²) >= 11 is -0.826. The van der Waals surface area contributed by atoms with E-state index >= 15 is 0 Å². The SMILES string of the molecule is CCCCCC1CC([Si](C)(C)C2CC(C(C)CC)C3CCCCC32)C2CCCCC12.[CH3-].[CH3-].[Cl][Zr+2][Cl]. The molecule has 4 saturated carbocycles. The molecule has 4 heteroatoms. The summed E-state index contributed by atoms with van der Waals surface area (Å²) in [5.41, 5.74) is 2.32. The molecule has 0 bridgehead atoms. The van der Waals surface area contributed by atoms with Gasteiger partial charge in [0.15, 0.2) is 0 Å². The zero-order chi connectivity index (χ0) is 24.0. The Morgan fingerprint density at radius 1 is 0.771 bits per heavy atom. The molecule has 4 aliphatic rings. The van der Waals surface area contributed by atoms with Gasteiger partial charge < -0.3 is 14.9 Å². The second-order valence-corrected chi connectivity index (χ2v) is 22.0. The zero-order valence-electron chi connectivity index (χ0n) is 24.6. The number of hydrogen-bond donors (Lipinski definition) is 0. The van der Waals surface area contributed by atoms with Gasteiger partial charge in [0.25, 0.3) is 0 Å². The van der Waals surface area contributed by atoms with Gasteiger partial charge in [-0.1, -0.05) is 104 Å². The standard InChI is InChI=1S/C29H54Si.2CH3.2ClH.Zr/c1-6-8-9-14-22-19-28(25-17-12-10-15-23(22)25)30(4,5)29-20-27(21(3)7-2)24-16-11-13-18-26(24)29;;;;;/h21-29H,6-20H2,1-5H3;2*1H3;2*1H;/q;2*-1;;;+4/p-2. The van der Waals surface area contributed by atoms with Gasteiger partial charge in [0.2, 0.25) is 0 Å². The fourth-order valence-electron chi connectivity index (χ4n) is 9.74. The molecule has 0 nitrogen and oxygen atoms in total. The topological polar surface area (TPSA) is 0 Å². The van der Waals surface area contributed by atoms with Crippen LogP contribution in [0.4, 0.5) is 0 Å². The van der Waals surface area contributed by atoms with Crippen molar-refractivity contribution in [2.45, 2.75) is 141 Å². The van der Waals surface area contributed by atoms with Crippen molar-refractivity contribution in [2.75, 3.05) is 0 Å². The average Bonchev–Trinajstić information content (AvgIpc) is 3.40. The molecule has 0 spiro atoms. The molecule has 206 valence electrons. The van der Waals surface area contributed by atoms with Crippen LogP contribution in [0.2, 0.25) is 24.2 Å². The minimum absolute atomic E-state index is 0. The third-order valence-electron chi connectivity index (χ3n) is 11.5. The third kappa shape index (κ3) is 8.10. The molecule has 0 aromatic heterocycles. The number of unbranched alkanes of at least 4 members (excludes halogenated alkanes) is 2. The molecule has 0 heterocycles. The zero-order valence-corrected chi connectivity index (χ0v) is 29.5. The third-order valence-corrected chi connectivity index (χ3v) is 16.6. The second-order valence-electron chi connectivity index (χ2n) is 13.1. The van der Waals surface area contributed by atoms with E-state index in [0.717, 1.165) is 52.5 Å². The van der Waals surface area contributed by atoms with E-state index in [1.807, 2.05) is 0 Å². The minimum atomic E-state index is -1.24. The van der Waals surface area contributed by atoms with Crippen molar-refractivity contribution < 1.29 is 20.8 Å². The van der Waals surface area contributed by atoms with E-state index in [0.29, 0.717) is 0 Å². The van der Waals surface area contributed by atoms with E-state index in [9.17, 15) is 0 Å². The summed E-state index contributed by atoms with van der Waals surface area (Å²) in [5.74, 6) is 7.64. The molecule has 9 atom stereocenters. The number of fused-ring (bicyclic) bond motifs is 2. The quantitative estimate of drug-likeness (QED) is 0.143. The van der Waals surface area contributed by atoms with Gasteiger partial charge in [-0.25, -0.2) is 0 Å². The van der Waals surface area contributed by atoms with Gasteiger partial charge in [-0.2, -0.15) is 0 Å². The van der Waals surface area contributed by atoms with Gasteiger partial charge in [-0.3, -0.25) is 0 Å². The first-order valence-corrected chi connectivity index (χ1v) is 24.3. The van der Waals surface area contributed by atoms with Gasteiger partial charge in [0.1, 0.15) is 0 Å². The number of hydrogen-bond acceptors (Lipinski definition) is 0. The van der Waals surface area contributed by atoms with E-state index in [2.05, 4.69) is 33.9 Å². The summed E-state index contributed by atoms with van der Waals surface area (Å²) in [6.45, 7) is 13.3. The summed E-state index contributed by atoms with van der Waals surface area (Å²) in [7, 11) is 8.62. The van der Waals surface area contributed by atoms with Crippen LogP contribution in [0.15, 0.2) is 0 Å². The molecule has 0 N–H and O–H groups in total. The molecule has 0 aliphatic heterocycles. The Labute approximate surface area is 241 Å². The molecular formula is C31H60Cl2SiZr. The van der Waals surface area contributed by atoms with Crippen LogP contribution in [0.25, 0.3) is 0 Å². The normalized spacial score (nSPS) is 36.9. The van der Waals surface area contributed by atoms with Crippen molar-refractivity contribution in [3.05, 3.63) is 14.9 Å². The van der Waals surface area contributed by atoms with Crippen LogP contribution >= 0.6 is 17.0 Å². The monoisotopic (exact) mass is 620 g/mol. The molecule has 4 fully saturated rings. The van der Waals surface area contributed by atoms with Crippen LogP contribution in [0.3, 0.4) is 0 Å². The summed E-state index contributed by atoms with van der Waals surface area (Å²) in [6.07, 6.45) is 23.2. The van der Waals surface area contributed by atoms with E-state index in [4.69, 9.17) is 17.0 Å². The molecule has 35 heavy (non-hydrogen) atoms. The fraction of sp³-hybridized carbons (Fsp3) is 0.935. The first-order chi connectivity index (χ1) is 15.9. The molecule has 0 aromatic carbocycles. The Morgan fingerprint density at radius 2 is 1.26 bits per heavy atom. The van der Waals surface area contributed by atoms with Crippen LogP contribution in [0.5, 0.6) is 0 Å². The Bertz CT molecular complexity index is 570. The van der Waals surface area contributed by atoms with E-state index in [-0.39, 0.29) is 14.9 Å². The molecule has 0 saturated heterocycles. The van der Waals surface area contributed by atoms with Gasteiger partial charge in [-0.05, 0) is 78.2 Å². The first kappa shape index (κ1) is 34.7. The van der Waals surface area contributed by atoms with Crippen LogP contribution in [-0.4, -0.2) is 8.07 Å². The van der Waals surface area contributed by atoms with E-state index < -0.39 is 28.9 Å². The van der Waals surface area contributed by atoms with Crippen LogP contribution < -0.4 is 0 Å². The van der Waals surface area contributed by atoms with Crippen molar-refractivity contribution in [2.24, 2.45) is 41.4 Å². The Morgan fingerprint density at radius 3 is 1.80 bits per heavy atom. The Hall–Kier alpha value is 1.68. The predicted octanol–water partition coefficient (Wildman–Crippen LogP) is 12.0. The van der Waals surface area contributed by atoms with Gasteiger partial charge >= 0.3 is 37.9 Å². The number of rotatable bonds is 8. The summed E-state index contributed by atoms with van der Waals surface area (Å²) in [5, 5.41) is 0. The van der Waals surface area contributed by atoms with Crippen LogP contribution in [0, 0.1) is 56.3 Å². The first-order valence-electron chi connectivity index (χ1n) is 14.9. The molecular weight excluding hydrogens is 563 g/mol. The summed E-state index contributed by atoms with van der Waals surface area (Å²) < 4.78 is 0. The van der Waals surface area contributed by atoms with Gasteiger partial charge in [-0.15, -0.1) is 0 Å². The predicted molar refractivity (Wildman–Crippen MR) is 160 cm³/mol. The van der Waals surface area contributed by atoms with E-state index in [1.54, 1.807) is 64.2 Å². The van der Waals surface area contributed by atoms with Gasteiger partial charge in [0.05, 0.1) is 8.07 Å². The van der Waals surface area contributed by atoms with Crippen molar-refractivity contribution >= 4 is 25.1 Å². The molecule has 4 aliphatic carbocycles. The second kappa shape index (κ2) is 16.7. The maximum absolute atomic E-state index is 4.93. The van der Waals surface area contributed by atoms with Crippen molar-refractivity contribution in [1.29, 1.82) is 0 Å². The van der Waals surface area contributed by atoms with Crippen LogP contribution in [0.1, 0.15) is 117 Å². The van der Waals surface area contributed by atoms with Crippen molar-refractivity contribution in [3.8, 4) is 0 Å². The molecule has 0 radical (unpaired) electrons. The average molecular weight is 623 g/mol. The van der Waals surface area contributed by atoms with Crippen LogP contribution in [-0.2, 0) is 20.8 Å². The summed E-state index contributed by atoms with van der Waals surface area (Å²) in [6, 6.07) is 0. The van der Waals surface area contributed by atoms with Crippen molar-refractivity contribution in [3.63, 3.8) is 0 Å². The maximum atomic E-state index is 4.93.